The Hall–Kier alpha value is -2.30. The second-order valence-corrected chi connectivity index (χ2v) is 6.06. The SMILES string of the molecule is CCc1noc(CC)c1CC(=O)N[C@H]1CCCOc2ccccc21. The van der Waals surface area contributed by atoms with Crippen molar-refractivity contribution in [2.75, 3.05) is 6.61 Å². The Bertz CT molecular complexity index is 687. The fraction of sp³-hybridized carbons (Fsp3) is 0.474. The van der Waals surface area contributed by atoms with Crippen LogP contribution in [0.5, 0.6) is 5.75 Å². The zero-order valence-electron chi connectivity index (χ0n) is 14.3. The number of carbonyl (C=O) groups excluding carboxylic acids is 1. The molecule has 1 aromatic heterocycles. The predicted molar refractivity (Wildman–Crippen MR) is 91.0 cm³/mol. The predicted octanol–water partition coefficient (Wildman–Crippen LogP) is 3.37. The molecule has 3 rings (SSSR count). The molecule has 0 unspecified atom stereocenters. The molecular formula is C19H24N2O3. The van der Waals surface area contributed by atoms with Gasteiger partial charge in [-0.2, -0.15) is 0 Å². The van der Waals surface area contributed by atoms with Crippen molar-refractivity contribution in [2.24, 2.45) is 0 Å². The lowest BCUT2D eigenvalue weighted by atomic mass is 10.0. The highest BCUT2D eigenvalue weighted by molar-refractivity contribution is 5.79. The number of aromatic nitrogens is 1. The number of fused-ring (bicyclic) bond motifs is 1. The molecule has 0 saturated carbocycles. The highest BCUT2D eigenvalue weighted by Gasteiger charge is 2.23. The Morgan fingerprint density at radius 3 is 2.92 bits per heavy atom. The zero-order chi connectivity index (χ0) is 16.9. The van der Waals surface area contributed by atoms with Gasteiger partial charge in [-0.05, 0) is 25.3 Å². The van der Waals surface area contributed by atoms with Crippen molar-refractivity contribution >= 4 is 5.91 Å². The summed E-state index contributed by atoms with van der Waals surface area (Å²) < 4.78 is 11.1. The Morgan fingerprint density at radius 2 is 2.12 bits per heavy atom. The van der Waals surface area contributed by atoms with E-state index in [1.54, 1.807) is 0 Å². The largest absolute Gasteiger partial charge is 0.493 e. The molecule has 5 heteroatoms. The lowest BCUT2D eigenvalue weighted by molar-refractivity contribution is -0.121. The first kappa shape index (κ1) is 16.6. The van der Waals surface area contributed by atoms with E-state index in [1.807, 2.05) is 38.1 Å². The average Bonchev–Trinajstić information content (AvgIpc) is 2.88. The molecule has 0 saturated heterocycles. The van der Waals surface area contributed by atoms with Crippen LogP contribution in [-0.2, 0) is 24.1 Å². The molecule has 0 spiro atoms. The van der Waals surface area contributed by atoms with Gasteiger partial charge < -0.3 is 14.6 Å². The zero-order valence-corrected chi connectivity index (χ0v) is 14.3. The summed E-state index contributed by atoms with van der Waals surface area (Å²) in [6, 6.07) is 7.92. The van der Waals surface area contributed by atoms with Gasteiger partial charge in [0.15, 0.2) is 0 Å². The molecule has 2 aromatic rings. The van der Waals surface area contributed by atoms with E-state index in [1.165, 1.54) is 0 Å². The monoisotopic (exact) mass is 328 g/mol. The molecule has 1 N–H and O–H groups in total. The lowest BCUT2D eigenvalue weighted by Gasteiger charge is -2.18. The maximum Gasteiger partial charge on any atom is 0.225 e. The van der Waals surface area contributed by atoms with E-state index >= 15 is 0 Å². The van der Waals surface area contributed by atoms with Gasteiger partial charge in [0.25, 0.3) is 0 Å². The number of para-hydroxylation sites is 1. The number of nitrogens with one attached hydrogen (secondary N) is 1. The molecule has 1 aliphatic rings. The van der Waals surface area contributed by atoms with Crippen molar-refractivity contribution in [3.8, 4) is 5.75 Å². The molecule has 0 radical (unpaired) electrons. The van der Waals surface area contributed by atoms with Crippen LogP contribution >= 0.6 is 0 Å². The summed E-state index contributed by atoms with van der Waals surface area (Å²) in [5.41, 5.74) is 2.88. The number of nitrogens with zero attached hydrogens (tertiary/aromatic N) is 1. The first-order valence-corrected chi connectivity index (χ1v) is 8.70. The molecule has 1 amide bonds. The van der Waals surface area contributed by atoms with Gasteiger partial charge in [0.05, 0.1) is 24.8 Å². The Kier molecular flexibility index (Phi) is 5.18. The minimum Gasteiger partial charge on any atom is -0.493 e. The van der Waals surface area contributed by atoms with E-state index < -0.39 is 0 Å². The van der Waals surface area contributed by atoms with E-state index in [0.29, 0.717) is 13.0 Å². The molecular weight excluding hydrogens is 304 g/mol. The smallest absolute Gasteiger partial charge is 0.225 e. The van der Waals surface area contributed by atoms with Crippen molar-refractivity contribution in [2.45, 2.75) is 52.0 Å². The van der Waals surface area contributed by atoms with E-state index in [-0.39, 0.29) is 11.9 Å². The van der Waals surface area contributed by atoms with Gasteiger partial charge in [-0.3, -0.25) is 4.79 Å². The van der Waals surface area contributed by atoms with Crippen LogP contribution in [0.25, 0.3) is 0 Å². The molecule has 1 atom stereocenters. The van der Waals surface area contributed by atoms with Gasteiger partial charge in [-0.1, -0.05) is 37.2 Å². The van der Waals surface area contributed by atoms with Crippen LogP contribution in [-0.4, -0.2) is 17.7 Å². The van der Waals surface area contributed by atoms with Crippen LogP contribution in [0.3, 0.4) is 0 Å². The maximum atomic E-state index is 12.6. The molecule has 0 bridgehead atoms. The number of rotatable bonds is 5. The number of amides is 1. The van der Waals surface area contributed by atoms with Crippen LogP contribution in [0.4, 0.5) is 0 Å². The quantitative estimate of drug-likeness (QED) is 0.914. The van der Waals surface area contributed by atoms with Crippen molar-refractivity contribution in [3.05, 3.63) is 46.8 Å². The maximum absolute atomic E-state index is 12.6. The van der Waals surface area contributed by atoms with Crippen LogP contribution < -0.4 is 10.1 Å². The van der Waals surface area contributed by atoms with Crippen LogP contribution in [0.1, 0.15) is 55.3 Å². The molecule has 0 fully saturated rings. The van der Waals surface area contributed by atoms with Gasteiger partial charge in [0.1, 0.15) is 11.5 Å². The minimum absolute atomic E-state index is 0.00398. The number of ether oxygens (including phenoxy) is 1. The Balaban J connectivity index is 1.75. The fourth-order valence-corrected chi connectivity index (χ4v) is 3.22. The van der Waals surface area contributed by atoms with Gasteiger partial charge in [0.2, 0.25) is 5.91 Å². The van der Waals surface area contributed by atoms with Gasteiger partial charge in [-0.25, -0.2) is 0 Å². The van der Waals surface area contributed by atoms with E-state index in [4.69, 9.17) is 9.26 Å². The summed E-state index contributed by atoms with van der Waals surface area (Å²) in [4.78, 5) is 12.6. The third-order valence-electron chi connectivity index (χ3n) is 4.47. The van der Waals surface area contributed by atoms with E-state index in [9.17, 15) is 4.79 Å². The second kappa shape index (κ2) is 7.51. The van der Waals surface area contributed by atoms with Crippen molar-refractivity contribution in [3.63, 3.8) is 0 Å². The van der Waals surface area contributed by atoms with Crippen molar-refractivity contribution < 1.29 is 14.1 Å². The van der Waals surface area contributed by atoms with Crippen LogP contribution in [0.15, 0.2) is 28.8 Å². The average molecular weight is 328 g/mol. The molecule has 0 aliphatic carbocycles. The molecule has 24 heavy (non-hydrogen) atoms. The summed E-state index contributed by atoms with van der Waals surface area (Å²) in [7, 11) is 0. The summed E-state index contributed by atoms with van der Waals surface area (Å²) in [6.45, 7) is 4.73. The van der Waals surface area contributed by atoms with Crippen LogP contribution in [0, 0.1) is 0 Å². The third kappa shape index (κ3) is 3.45. The number of benzene rings is 1. The normalized spacial score (nSPS) is 16.8. The van der Waals surface area contributed by atoms with Gasteiger partial charge >= 0.3 is 0 Å². The van der Waals surface area contributed by atoms with E-state index in [2.05, 4.69) is 10.5 Å². The topological polar surface area (TPSA) is 64.4 Å². The van der Waals surface area contributed by atoms with Crippen molar-refractivity contribution in [1.29, 1.82) is 0 Å². The molecule has 1 aliphatic heterocycles. The fourth-order valence-electron chi connectivity index (χ4n) is 3.22. The number of aryl methyl sites for hydroxylation is 2. The van der Waals surface area contributed by atoms with Gasteiger partial charge in [-0.15, -0.1) is 0 Å². The minimum atomic E-state index is -0.00814. The lowest BCUT2D eigenvalue weighted by Crippen LogP contribution is -2.30. The van der Waals surface area contributed by atoms with Crippen LogP contribution in [0.2, 0.25) is 0 Å². The number of hydrogen-bond donors (Lipinski definition) is 1. The molecule has 2 heterocycles. The summed E-state index contributed by atoms with van der Waals surface area (Å²) >= 11 is 0. The van der Waals surface area contributed by atoms with E-state index in [0.717, 1.165) is 54.0 Å². The highest BCUT2D eigenvalue weighted by Crippen LogP contribution is 2.31. The standard InChI is InChI=1S/C19H24N2O3/c1-3-15-14(17(4-2)24-21-15)12-19(22)20-16-9-7-11-23-18-10-6-5-8-13(16)18/h5-6,8,10,16H,3-4,7,9,11-12H2,1-2H3,(H,20,22)/t16-/m0/s1. The summed E-state index contributed by atoms with van der Waals surface area (Å²) in [6.07, 6.45) is 3.64. The first-order chi connectivity index (χ1) is 11.7. The van der Waals surface area contributed by atoms with Gasteiger partial charge in [0, 0.05) is 17.5 Å². The molecule has 128 valence electrons. The van der Waals surface area contributed by atoms with Crippen molar-refractivity contribution in [1.82, 2.24) is 10.5 Å². The third-order valence-corrected chi connectivity index (χ3v) is 4.47. The second-order valence-electron chi connectivity index (χ2n) is 6.06. The number of hydrogen-bond acceptors (Lipinski definition) is 4. The first-order valence-electron chi connectivity index (χ1n) is 8.70. The molecule has 1 aromatic carbocycles. The summed E-state index contributed by atoms with van der Waals surface area (Å²) in [5.74, 6) is 1.68. The summed E-state index contributed by atoms with van der Waals surface area (Å²) in [5, 5.41) is 7.25. The number of carbonyl (C=O) groups is 1. The Morgan fingerprint density at radius 1 is 1.29 bits per heavy atom. The highest BCUT2D eigenvalue weighted by atomic mass is 16.5. The Labute approximate surface area is 142 Å². The molecule has 5 nitrogen and oxygen atoms in total.